The summed E-state index contributed by atoms with van der Waals surface area (Å²) in [6, 6.07) is 6.44. The zero-order valence-corrected chi connectivity index (χ0v) is 10.0. The van der Waals surface area contributed by atoms with E-state index in [1.807, 2.05) is 0 Å². The minimum absolute atomic E-state index is 0. The van der Waals surface area contributed by atoms with Gasteiger partial charge in [0.25, 0.3) is 0 Å². The lowest BCUT2D eigenvalue weighted by molar-refractivity contribution is 0.951. The van der Waals surface area contributed by atoms with E-state index in [1.165, 1.54) is 17.5 Å². The van der Waals surface area contributed by atoms with Crippen molar-refractivity contribution in [3.8, 4) is 0 Å². The summed E-state index contributed by atoms with van der Waals surface area (Å²) in [5, 5.41) is 3.36. The molecule has 1 aromatic carbocycles. The van der Waals surface area contributed by atoms with Crippen molar-refractivity contribution >= 4 is 23.9 Å². The van der Waals surface area contributed by atoms with Crippen LogP contribution in [0.3, 0.4) is 0 Å². The van der Waals surface area contributed by atoms with E-state index in [2.05, 4.69) is 42.4 Å². The van der Waals surface area contributed by atoms with Gasteiger partial charge in [-0.15, -0.1) is 12.4 Å². The fourth-order valence-electron chi connectivity index (χ4n) is 1.63. The van der Waals surface area contributed by atoms with Crippen LogP contribution in [0.1, 0.15) is 24.0 Å². The molecule has 0 saturated carbocycles. The number of nitrogens with zero attached hydrogens (tertiary/aromatic N) is 1. The van der Waals surface area contributed by atoms with E-state index in [0.717, 1.165) is 24.5 Å². The Labute approximate surface area is 97.2 Å². The van der Waals surface area contributed by atoms with Gasteiger partial charge in [-0.2, -0.15) is 0 Å². The van der Waals surface area contributed by atoms with Crippen molar-refractivity contribution in [3.05, 3.63) is 29.3 Å². The molecule has 2 nitrogen and oxygen atoms in total. The number of halogens is 1. The van der Waals surface area contributed by atoms with Crippen molar-refractivity contribution in [3.63, 3.8) is 0 Å². The van der Waals surface area contributed by atoms with E-state index < -0.39 is 0 Å². The van der Waals surface area contributed by atoms with Gasteiger partial charge in [0, 0.05) is 18.7 Å². The third-order valence-electron chi connectivity index (χ3n) is 2.67. The summed E-state index contributed by atoms with van der Waals surface area (Å²) in [6.45, 7) is 5.25. The fourth-order valence-corrected chi connectivity index (χ4v) is 1.63. The maximum Gasteiger partial charge on any atom is 0.101 e. The van der Waals surface area contributed by atoms with Gasteiger partial charge < -0.3 is 5.32 Å². The molecule has 0 spiro atoms. The highest BCUT2D eigenvalue weighted by Gasteiger charge is 2.06. The number of rotatable bonds is 1. The van der Waals surface area contributed by atoms with Gasteiger partial charge in [-0.05, 0) is 43.5 Å². The summed E-state index contributed by atoms with van der Waals surface area (Å²) >= 11 is 0. The lowest BCUT2D eigenvalue weighted by Crippen LogP contribution is -2.08. The molecule has 0 radical (unpaired) electrons. The summed E-state index contributed by atoms with van der Waals surface area (Å²) in [4.78, 5) is 4.39. The minimum atomic E-state index is 0. The molecule has 0 bridgehead atoms. The molecule has 0 unspecified atom stereocenters. The fraction of sp³-hybridized carbons (Fsp3) is 0.417. The maximum atomic E-state index is 4.39. The normalized spacial score (nSPS) is 14.4. The van der Waals surface area contributed by atoms with Crippen LogP contribution in [0, 0.1) is 13.8 Å². The molecule has 0 fully saturated rings. The molecule has 0 amide bonds. The van der Waals surface area contributed by atoms with Crippen molar-refractivity contribution in [1.82, 2.24) is 0 Å². The van der Waals surface area contributed by atoms with Gasteiger partial charge >= 0.3 is 0 Å². The summed E-state index contributed by atoms with van der Waals surface area (Å²) in [5.41, 5.74) is 3.83. The zero-order chi connectivity index (χ0) is 9.97. The van der Waals surface area contributed by atoms with Gasteiger partial charge in [-0.25, -0.2) is 0 Å². The molecule has 82 valence electrons. The van der Waals surface area contributed by atoms with Crippen LogP contribution in [0.2, 0.25) is 0 Å². The Kier molecular flexibility index (Phi) is 4.15. The van der Waals surface area contributed by atoms with Crippen LogP contribution in [-0.4, -0.2) is 12.4 Å². The molecule has 0 aromatic heterocycles. The van der Waals surface area contributed by atoms with E-state index >= 15 is 0 Å². The summed E-state index contributed by atoms with van der Waals surface area (Å²) < 4.78 is 0. The molecule has 0 saturated heterocycles. The Bertz CT molecular complexity index is 372. The summed E-state index contributed by atoms with van der Waals surface area (Å²) in [5.74, 6) is 1.13. The number of nitrogens with one attached hydrogen (secondary N) is 1. The second kappa shape index (κ2) is 5.17. The Hall–Kier alpha value is -1.02. The Balaban J connectivity index is 0.00000112. The monoisotopic (exact) mass is 224 g/mol. The maximum absolute atomic E-state index is 4.39. The van der Waals surface area contributed by atoms with Crippen molar-refractivity contribution < 1.29 is 0 Å². The van der Waals surface area contributed by atoms with Gasteiger partial charge in [-0.3, -0.25) is 4.99 Å². The Morgan fingerprint density at radius 3 is 2.60 bits per heavy atom. The molecule has 0 atom stereocenters. The minimum Gasteiger partial charge on any atom is -0.344 e. The number of hydrogen-bond acceptors (Lipinski definition) is 2. The highest BCUT2D eigenvalue weighted by Crippen LogP contribution is 2.16. The number of aryl methyl sites for hydroxylation is 2. The van der Waals surface area contributed by atoms with Crippen molar-refractivity contribution in [2.75, 3.05) is 11.9 Å². The highest BCUT2D eigenvalue weighted by molar-refractivity contribution is 5.96. The van der Waals surface area contributed by atoms with E-state index in [4.69, 9.17) is 0 Å². The molecule has 3 heteroatoms. The van der Waals surface area contributed by atoms with Crippen LogP contribution in [-0.2, 0) is 0 Å². The third-order valence-corrected chi connectivity index (χ3v) is 2.67. The standard InChI is InChI=1S/C12H16N2.ClH/c1-9-5-6-11(8-10(9)2)14-12-4-3-7-13-12;/h5-6,8H,3-4,7H2,1-2H3,(H,13,14);1H. The van der Waals surface area contributed by atoms with E-state index in [-0.39, 0.29) is 12.4 Å². The van der Waals surface area contributed by atoms with Crippen LogP contribution in [0.25, 0.3) is 0 Å². The van der Waals surface area contributed by atoms with Crippen LogP contribution in [0.5, 0.6) is 0 Å². The summed E-state index contributed by atoms with van der Waals surface area (Å²) in [6.07, 6.45) is 2.28. The van der Waals surface area contributed by atoms with Gasteiger partial charge in [0.15, 0.2) is 0 Å². The number of hydrogen-bond donors (Lipinski definition) is 1. The van der Waals surface area contributed by atoms with Crippen LogP contribution in [0.4, 0.5) is 5.69 Å². The molecule has 2 rings (SSSR count). The first-order chi connectivity index (χ1) is 6.75. The second-order valence-electron chi connectivity index (χ2n) is 3.86. The number of amidine groups is 1. The molecular formula is C12H17ClN2. The lowest BCUT2D eigenvalue weighted by Gasteiger charge is -2.07. The first kappa shape index (κ1) is 12.1. The van der Waals surface area contributed by atoms with Crippen molar-refractivity contribution in [2.24, 2.45) is 4.99 Å². The van der Waals surface area contributed by atoms with Crippen LogP contribution < -0.4 is 5.32 Å². The predicted octanol–water partition coefficient (Wildman–Crippen LogP) is 3.33. The van der Waals surface area contributed by atoms with Crippen molar-refractivity contribution in [1.29, 1.82) is 0 Å². The average Bonchev–Trinajstić information content (AvgIpc) is 2.64. The zero-order valence-electron chi connectivity index (χ0n) is 9.21. The molecule has 1 aliphatic heterocycles. The third kappa shape index (κ3) is 2.96. The van der Waals surface area contributed by atoms with Crippen LogP contribution in [0.15, 0.2) is 23.2 Å². The van der Waals surface area contributed by atoms with E-state index in [0.29, 0.717) is 0 Å². The SMILES string of the molecule is Cc1ccc(NC2=NCCC2)cc1C.Cl. The molecular weight excluding hydrogens is 208 g/mol. The molecule has 1 heterocycles. The van der Waals surface area contributed by atoms with Gasteiger partial charge in [0.1, 0.15) is 5.84 Å². The Morgan fingerprint density at radius 2 is 2.00 bits per heavy atom. The van der Waals surface area contributed by atoms with E-state index in [9.17, 15) is 0 Å². The van der Waals surface area contributed by atoms with Gasteiger partial charge in [0.2, 0.25) is 0 Å². The predicted molar refractivity (Wildman–Crippen MR) is 68.3 cm³/mol. The largest absolute Gasteiger partial charge is 0.344 e. The average molecular weight is 225 g/mol. The van der Waals surface area contributed by atoms with Crippen LogP contribution >= 0.6 is 12.4 Å². The molecule has 0 aliphatic carbocycles. The second-order valence-corrected chi connectivity index (χ2v) is 3.86. The summed E-state index contributed by atoms with van der Waals surface area (Å²) in [7, 11) is 0. The molecule has 1 aliphatic rings. The highest BCUT2D eigenvalue weighted by atomic mass is 35.5. The smallest absolute Gasteiger partial charge is 0.101 e. The quantitative estimate of drug-likeness (QED) is 0.778. The van der Waals surface area contributed by atoms with E-state index in [1.54, 1.807) is 0 Å². The van der Waals surface area contributed by atoms with Crippen molar-refractivity contribution in [2.45, 2.75) is 26.7 Å². The van der Waals surface area contributed by atoms with Gasteiger partial charge in [-0.1, -0.05) is 6.07 Å². The number of aliphatic imine (C=N–C) groups is 1. The van der Waals surface area contributed by atoms with Gasteiger partial charge in [0.05, 0.1) is 0 Å². The topological polar surface area (TPSA) is 24.4 Å². The Morgan fingerprint density at radius 1 is 1.20 bits per heavy atom. The molecule has 1 N–H and O–H groups in total. The molecule has 15 heavy (non-hydrogen) atoms. The first-order valence-electron chi connectivity index (χ1n) is 5.13. The molecule has 1 aromatic rings. The lowest BCUT2D eigenvalue weighted by atomic mass is 10.1. The number of benzene rings is 1. The number of anilines is 1. The first-order valence-corrected chi connectivity index (χ1v) is 5.13.